The average Bonchev–Trinajstić information content (AvgIpc) is 2.47. The summed E-state index contributed by atoms with van der Waals surface area (Å²) in [4.78, 5) is 0. The third-order valence-electron chi connectivity index (χ3n) is 2.92. The van der Waals surface area contributed by atoms with Crippen molar-refractivity contribution in [1.29, 1.82) is 0 Å². The lowest BCUT2D eigenvalue weighted by molar-refractivity contribution is 0.219. The number of benzene rings is 2. The molecule has 0 aromatic heterocycles. The van der Waals surface area contributed by atoms with E-state index < -0.39 is 6.10 Å². The molecule has 2 rings (SSSR count). The van der Waals surface area contributed by atoms with Crippen molar-refractivity contribution in [2.75, 3.05) is 13.7 Å². The first-order chi connectivity index (χ1) is 9.26. The summed E-state index contributed by atoms with van der Waals surface area (Å²) in [6.07, 6.45) is -0.661. The highest BCUT2D eigenvalue weighted by molar-refractivity contribution is 5.45. The van der Waals surface area contributed by atoms with Crippen LogP contribution in [0.2, 0.25) is 0 Å². The maximum Gasteiger partial charge on any atom is 0.161 e. The molecule has 0 aliphatic heterocycles. The van der Waals surface area contributed by atoms with Crippen molar-refractivity contribution >= 4 is 0 Å². The molecule has 1 unspecified atom stereocenters. The van der Waals surface area contributed by atoms with E-state index in [9.17, 15) is 5.11 Å². The topological polar surface area (TPSA) is 38.7 Å². The Morgan fingerprint density at radius 2 is 1.74 bits per heavy atom. The van der Waals surface area contributed by atoms with Gasteiger partial charge in [-0.15, -0.1) is 0 Å². The molecule has 0 aliphatic rings. The minimum absolute atomic E-state index is 0.557. The van der Waals surface area contributed by atoms with E-state index in [1.807, 2.05) is 55.5 Å². The molecular weight excluding hydrogens is 240 g/mol. The van der Waals surface area contributed by atoms with Crippen molar-refractivity contribution in [2.24, 2.45) is 0 Å². The molecule has 0 saturated heterocycles. The molecule has 0 spiro atoms. The second kappa shape index (κ2) is 6.25. The third-order valence-corrected chi connectivity index (χ3v) is 2.92. The Kier molecular flexibility index (Phi) is 4.42. The molecule has 3 nitrogen and oxygen atoms in total. The van der Waals surface area contributed by atoms with Crippen molar-refractivity contribution in [1.82, 2.24) is 0 Å². The molecule has 0 heterocycles. The monoisotopic (exact) mass is 258 g/mol. The molecule has 0 amide bonds. The van der Waals surface area contributed by atoms with Gasteiger partial charge < -0.3 is 14.6 Å². The molecule has 0 fully saturated rings. The van der Waals surface area contributed by atoms with E-state index in [1.54, 1.807) is 7.11 Å². The smallest absolute Gasteiger partial charge is 0.161 e. The fourth-order valence-corrected chi connectivity index (χ4v) is 1.96. The van der Waals surface area contributed by atoms with E-state index in [4.69, 9.17) is 9.47 Å². The van der Waals surface area contributed by atoms with E-state index in [1.165, 1.54) is 0 Å². The Morgan fingerprint density at radius 3 is 2.37 bits per heavy atom. The number of aliphatic hydroxyl groups is 1. The maximum atomic E-state index is 10.4. The van der Waals surface area contributed by atoms with Crippen molar-refractivity contribution in [3.05, 3.63) is 59.7 Å². The second-order valence-corrected chi connectivity index (χ2v) is 4.16. The predicted molar refractivity (Wildman–Crippen MR) is 74.7 cm³/mol. The van der Waals surface area contributed by atoms with Crippen molar-refractivity contribution in [3.63, 3.8) is 0 Å². The zero-order chi connectivity index (χ0) is 13.7. The minimum atomic E-state index is -0.661. The molecule has 1 N–H and O–H groups in total. The van der Waals surface area contributed by atoms with E-state index in [0.717, 1.165) is 11.1 Å². The van der Waals surface area contributed by atoms with Gasteiger partial charge in [0.1, 0.15) is 6.10 Å². The Bertz CT molecular complexity index is 523. The second-order valence-electron chi connectivity index (χ2n) is 4.16. The third kappa shape index (κ3) is 3.06. The van der Waals surface area contributed by atoms with Crippen LogP contribution in [0.3, 0.4) is 0 Å². The molecule has 0 bridgehead atoms. The van der Waals surface area contributed by atoms with E-state index in [2.05, 4.69) is 0 Å². The lowest BCUT2D eigenvalue weighted by Gasteiger charge is -2.15. The summed E-state index contributed by atoms with van der Waals surface area (Å²) in [7, 11) is 1.60. The molecular formula is C16H18O3. The van der Waals surface area contributed by atoms with Crippen LogP contribution in [0.5, 0.6) is 11.5 Å². The van der Waals surface area contributed by atoms with Gasteiger partial charge in [-0.2, -0.15) is 0 Å². The highest BCUT2D eigenvalue weighted by atomic mass is 16.5. The lowest BCUT2D eigenvalue weighted by Crippen LogP contribution is -2.02. The van der Waals surface area contributed by atoms with Crippen LogP contribution in [0.1, 0.15) is 24.2 Å². The quantitative estimate of drug-likeness (QED) is 0.895. The lowest BCUT2D eigenvalue weighted by atomic mass is 10.0. The van der Waals surface area contributed by atoms with Crippen LogP contribution < -0.4 is 9.47 Å². The fraction of sp³-hybridized carbons (Fsp3) is 0.250. The zero-order valence-electron chi connectivity index (χ0n) is 11.2. The van der Waals surface area contributed by atoms with Gasteiger partial charge in [0.05, 0.1) is 13.7 Å². The standard InChI is InChI=1S/C16H18O3/c1-3-19-15-11-13(9-10-14(15)18-2)16(17)12-7-5-4-6-8-12/h4-11,16-17H,3H2,1-2H3. The van der Waals surface area contributed by atoms with Crippen LogP contribution in [0.25, 0.3) is 0 Å². The highest BCUT2D eigenvalue weighted by Crippen LogP contribution is 2.32. The van der Waals surface area contributed by atoms with Crippen molar-refractivity contribution in [3.8, 4) is 11.5 Å². The summed E-state index contributed by atoms with van der Waals surface area (Å²) in [5.74, 6) is 1.32. The molecule has 1 atom stereocenters. The van der Waals surface area contributed by atoms with Crippen LogP contribution in [-0.4, -0.2) is 18.8 Å². The average molecular weight is 258 g/mol. The van der Waals surface area contributed by atoms with Gasteiger partial charge in [-0.1, -0.05) is 36.4 Å². The van der Waals surface area contributed by atoms with Crippen LogP contribution in [0.4, 0.5) is 0 Å². The normalized spacial score (nSPS) is 11.9. The van der Waals surface area contributed by atoms with Crippen LogP contribution >= 0.6 is 0 Å². The van der Waals surface area contributed by atoms with E-state index >= 15 is 0 Å². The van der Waals surface area contributed by atoms with Gasteiger partial charge in [0.2, 0.25) is 0 Å². The van der Waals surface area contributed by atoms with Gasteiger partial charge in [0.15, 0.2) is 11.5 Å². The SMILES string of the molecule is CCOc1cc(C(O)c2ccccc2)ccc1OC. The van der Waals surface area contributed by atoms with Gasteiger partial charge >= 0.3 is 0 Å². The predicted octanol–water partition coefficient (Wildman–Crippen LogP) is 3.18. The molecule has 100 valence electrons. The largest absolute Gasteiger partial charge is 0.493 e. The Hall–Kier alpha value is -2.00. The number of hydrogen-bond acceptors (Lipinski definition) is 3. The Labute approximate surface area is 113 Å². The number of rotatable bonds is 5. The number of methoxy groups -OCH3 is 1. The van der Waals surface area contributed by atoms with Gasteiger partial charge in [0.25, 0.3) is 0 Å². The molecule has 0 saturated carbocycles. The number of aliphatic hydroxyl groups excluding tert-OH is 1. The molecule has 3 heteroatoms. The Morgan fingerprint density at radius 1 is 1.00 bits per heavy atom. The molecule has 0 radical (unpaired) electrons. The Balaban J connectivity index is 2.32. The highest BCUT2D eigenvalue weighted by Gasteiger charge is 2.13. The van der Waals surface area contributed by atoms with Gasteiger partial charge in [-0.25, -0.2) is 0 Å². The first-order valence-corrected chi connectivity index (χ1v) is 6.30. The van der Waals surface area contributed by atoms with Gasteiger partial charge in [-0.3, -0.25) is 0 Å². The van der Waals surface area contributed by atoms with E-state index in [-0.39, 0.29) is 0 Å². The van der Waals surface area contributed by atoms with Crippen LogP contribution in [-0.2, 0) is 0 Å². The fourth-order valence-electron chi connectivity index (χ4n) is 1.96. The molecule has 2 aromatic rings. The van der Waals surface area contributed by atoms with Gasteiger partial charge in [0, 0.05) is 0 Å². The van der Waals surface area contributed by atoms with Crippen LogP contribution in [0.15, 0.2) is 48.5 Å². The molecule has 0 aliphatic carbocycles. The summed E-state index contributed by atoms with van der Waals surface area (Å²) in [6, 6.07) is 15.0. The summed E-state index contributed by atoms with van der Waals surface area (Å²) in [6.45, 7) is 2.47. The van der Waals surface area contributed by atoms with Crippen molar-refractivity contribution < 1.29 is 14.6 Å². The summed E-state index contributed by atoms with van der Waals surface area (Å²) >= 11 is 0. The maximum absolute atomic E-state index is 10.4. The first-order valence-electron chi connectivity index (χ1n) is 6.30. The molecule has 19 heavy (non-hydrogen) atoms. The number of ether oxygens (including phenoxy) is 2. The summed E-state index contributed by atoms with van der Waals surface area (Å²) in [5, 5.41) is 10.4. The summed E-state index contributed by atoms with van der Waals surface area (Å²) < 4.78 is 10.8. The summed E-state index contributed by atoms with van der Waals surface area (Å²) in [5.41, 5.74) is 1.64. The molecule has 2 aromatic carbocycles. The van der Waals surface area contributed by atoms with Crippen molar-refractivity contribution in [2.45, 2.75) is 13.0 Å². The van der Waals surface area contributed by atoms with Gasteiger partial charge in [-0.05, 0) is 30.2 Å². The minimum Gasteiger partial charge on any atom is -0.493 e. The van der Waals surface area contributed by atoms with Crippen LogP contribution in [0, 0.1) is 0 Å². The van der Waals surface area contributed by atoms with E-state index in [0.29, 0.717) is 18.1 Å². The zero-order valence-corrected chi connectivity index (χ0v) is 11.2. The number of hydrogen-bond donors (Lipinski definition) is 1. The first kappa shape index (κ1) is 13.4.